The van der Waals surface area contributed by atoms with E-state index < -0.39 is 23.3 Å². The Hall–Kier alpha value is -2.08. The molecule has 0 saturated heterocycles. The van der Waals surface area contributed by atoms with Crippen molar-refractivity contribution in [3.63, 3.8) is 0 Å². The van der Waals surface area contributed by atoms with Crippen LogP contribution in [0.1, 0.15) is 27.6 Å². The van der Waals surface area contributed by atoms with E-state index in [2.05, 4.69) is 4.74 Å². The summed E-state index contributed by atoms with van der Waals surface area (Å²) in [6.07, 6.45) is 0. The highest BCUT2D eigenvalue weighted by atomic mass is 16.7. The SMILES string of the molecule is CC1(O)OC(=O)c2c(O)cc(O)cc2C1=O. The highest BCUT2D eigenvalue weighted by Gasteiger charge is 2.44. The van der Waals surface area contributed by atoms with Crippen LogP contribution in [0.15, 0.2) is 12.1 Å². The average Bonchev–Trinajstić information content (AvgIpc) is 2.12. The Kier molecular flexibility index (Phi) is 1.93. The molecule has 1 aromatic carbocycles. The minimum atomic E-state index is -2.27. The highest BCUT2D eigenvalue weighted by Crippen LogP contribution is 2.34. The first-order chi connectivity index (χ1) is 7.33. The van der Waals surface area contributed by atoms with E-state index in [0.29, 0.717) is 0 Å². The summed E-state index contributed by atoms with van der Waals surface area (Å²) in [6.45, 7) is 1.01. The number of carbonyl (C=O) groups is 2. The molecular weight excluding hydrogens is 216 g/mol. The molecule has 0 bridgehead atoms. The molecule has 0 radical (unpaired) electrons. The van der Waals surface area contributed by atoms with Crippen molar-refractivity contribution in [2.75, 3.05) is 0 Å². The van der Waals surface area contributed by atoms with Crippen LogP contribution in [0, 0.1) is 0 Å². The summed E-state index contributed by atoms with van der Waals surface area (Å²) in [4.78, 5) is 23.0. The fourth-order valence-electron chi connectivity index (χ4n) is 1.53. The second kappa shape index (κ2) is 2.96. The zero-order valence-electron chi connectivity index (χ0n) is 8.22. The van der Waals surface area contributed by atoms with E-state index in [0.717, 1.165) is 19.1 Å². The molecule has 3 N–H and O–H groups in total. The lowest BCUT2D eigenvalue weighted by molar-refractivity contribution is -0.120. The Morgan fingerprint density at radius 2 is 1.88 bits per heavy atom. The second-order valence-electron chi connectivity index (χ2n) is 3.59. The number of phenolic OH excluding ortho intramolecular Hbond substituents is 2. The van der Waals surface area contributed by atoms with Crippen molar-refractivity contribution in [2.45, 2.75) is 12.7 Å². The molecule has 6 heteroatoms. The Morgan fingerprint density at radius 1 is 1.25 bits per heavy atom. The van der Waals surface area contributed by atoms with Crippen LogP contribution in [0.3, 0.4) is 0 Å². The number of aromatic hydroxyl groups is 2. The molecule has 84 valence electrons. The molecule has 16 heavy (non-hydrogen) atoms. The van der Waals surface area contributed by atoms with Gasteiger partial charge < -0.3 is 20.1 Å². The van der Waals surface area contributed by atoms with Crippen LogP contribution in [-0.2, 0) is 4.74 Å². The number of fused-ring (bicyclic) bond motifs is 1. The highest BCUT2D eigenvalue weighted by molar-refractivity contribution is 6.14. The van der Waals surface area contributed by atoms with E-state index in [1.165, 1.54) is 0 Å². The summed E-state index contributed by atoms with van der Waals surface area (Å²) in [7, 11) is 0. The quantitative estimate of drug-likeness (QED) is 0.542. The van der Waals surface area contributed by atoms with Gasteiger partial charge in [-0.25, -0.2) is 4.79 Å². The fraction of sp³-hybridized carbons (Fsp3) is 0.200. The fourth-order valence-corrected chi connectivity index (χ4v) is 1.53. The number of ketones is 1. The Labute approximate surface area is 89.7 Å². The predicted molar refractivity (Wildman–Crippen MR) is 50.1 cm³/mol. The molecule has 1 atom stereocenters. The van der Waals surface area contributed by atoms with Crippen LogP contribution in [0.5, 0.6) is 11.5 Å². The van der Waals surface area contributed by atoms with Crippen LogP contribution in [0.2, 0.25) is 0 Å². The molecule has 0 saturated carbocycles. The summed E-state index contributed by atoms with van der Waals surface area (Å²) in [5, 5.41) is 28.1. The maximum absolute atomic E-state index is 11.6. The predicted octanol–water partition coefficient (Wildman–Crippen LogP) is 0.159. The number of esters is 1. The lowest BCUT2D eigenvalue weighted by Crippen LogP contribution is -2.44. The molecule has 0 aliphatic carbocycles. The number of hydrogen-bond donors (Lipinski definition) is 3. The lowest BCUT2D eigenvalue weighted by atomic mass is 9.95. The van der Waals surface area contributed by atoms with Gasteiger partial charge in [0.1, 0.15) is 17.1 Å². The van der Waals surface area contributed by atoms with E-state index in [4.69, 9.17) is 0 Å². The Bertz CT molecular complexity index is 502. The normalized spacial score (nSPS) is 23.9. The van der Waals surface area contributed by atoms with Crippen molar-refractivity contribution in [1.29, 1.82) is 0 Å². The van der Waals surface area contributed by atoms with Gasteiger partial charge in [0.25, 0.3) is 5.79 Å². The maximum atomic E-state index is 11.6. The van der Waals surface area contributed by atoms with Crippen molar-refractivity contribution in [3.05, 3.63) is 23.3 Å². The van der Waals surface area contributed by atoms with E-state index in [1.807, 2.05) is 0 Å². The summed E-state index contributed by atoms with van der Waals surface area (Å²) < 4.78 is 4.46. The third kappa shape index (κ3) is 1.31. The number of rotatable bonds is 0. The average molecular weight is 224 g/mol. The molecule has 0 spiro atoms. The van der Waals surface area contributed by atoms with Crippen LogP contribution < -0.4 is 0 Å². The Morgan fingerprint density at radius 3 is 2.50 bits per heavy atom. The van der Waals surface area contributed by atoms with Gasteiger partial charge in [-0.1, -0.05) is 0 Å². The first kappa shape index (κ1) is 10.4. The van der Waals surface area contributed by atoms with Gasteiger partial charge in [0.05, 0.1) is 0 Å². The number of hydrogen-bond acceptors (Lipinski definition) is 6. The monoisotopic (exact) mass is 224 g/mol. The van der Waals surface area contributed by atoms with E-state index in [-0.39, 0.29) is 16.9 Å². The molecule has 6 nitrogen and oxygen atoms in total. The van der Waals surface area contributed by atoms with Gasteiger partial charge >= 0.3 is 5.97 Å². The topological polar surface area (TPSA) is 104 Å². The third-order valence-electron chi connectivity index (χ3n) is 2.26. The minimum absolute atomic E-state index is 0.265. The smallest absolute Gasteiger partial charge is 0.345 e. The number of carbonyl (C=O) groups excluding carboxylic acids is 2. The van der Waals surface area contributed by atoms with Gasteiger partial charge in [-0.3, -0.25) is 4.79 Å². The third-order valence-corrected chi connectivity index (χ3v) is 2.26. The number of benzene rings is 1. The first-order valence-electron chi connectivity index (χ1n) is 4.39. The molecule has 1 unspecified atom stereocenters. The van der Waals surface area contributed by atoms with Crippen LogP contribution in [0.25, 0.3) is 0 Å². The standard InChI is InChI=1S/C10H8O6/c1-10(15)8(13)5-2-4(11)3-6(12)7(5)9(14)16-10/h2-3,11-12,15H,1H3. The molecule has 0 aromatic heterocycles. The summed E-state index contributed by atoms with van der Waals surface area (Å²) in [5.41, 5.74) is -0.618. The summed E-state index contributed by atoms with van der Waals surface area (Å²) in [5.74, 6) is -5.13. The molecule has 0 fully saturated rings. The van der Waals surface area contributed by atoms with Crippen LogP contribution in [-0.4, -0.2) is 32.9 Å². The number of ether oxygens (including phenoxy) is 1. The molecular formula is C10H8O6. The lowest BCUT2D eigenvalue weighted by Gasteiger charge is -2.27. The van der Waals surface area contributed by atoms with E-state index in [1.54, 1.807) is 0 Å². The van der Waals surface area contributed by atoms with E-state index >= 15 is 0 Å². The minimum Gasteiger partial charge on any atom is -0.508 e. The Balaban J connectivity index is 2.74. The first-order valence-corrected chi connectivity index (χ1v) is 4.39. The molecule has 2 rings (SSSR count). The maximum Gasteiger partial charge on any atom is 0.345 e. The van der Waals surface area contributed by atoms with Crippen molar-refractivity contribution in [2.24, 2.45) is 0 Å². The van der Waals surface area contributed by atoms with Crippen LogP contribution >= 0.6 is 0 Å². The summed E-state index contributed by atoms with van der Waals surface area (Å²) >= 11 is 0. The van der Waals surface area contributed by atoms with Crippen molar-refractivity contribution in [3.8, 4) is 11.5 Å². The number of phenols is 2. The molecule has 1 aliphatic rings. The number of Topliss-reactive ketones (excluding diaryl/α,β-unsaturated/α-hetero) is 1. The second-order valence-corrected chi connectivity index (χ2v) is 3.59. The molecule has 1 aliphatic heterocycles. The van der Waals surface area contributed by atoms with Gasteiger partial charge in [-0.2, -0.15) is 0 Å². The number of cyclic esters (lactones) is 1. The van der Waals surface area contributed by atoms with Gasteiger partial charge in [0, 0.05) is 18.6 Å². The van der Waals surface area contributed by atoms with Gasteiger partial charge in [0.15, 0.2) is 0 Å². The molecule has 0 amide bonds. The molecule has 1 aromatic rings. The van der Waals surface area contributed by atoms with Gasteiger partial charge in [-0.05, 0) is 6.07 Å². The van der Waals surface area contributed by atoms with Crippen molar-refractivity contribution < 1.29 is 29.6 Å². The number of aliphatic hydroxyl groups is 1. The van der Waals surface area contributed by atoms with Crippen molar-refractivity contribution in [1.82, 2.24) is 0 Å². The zero-order valence-corrected chi connectivity index (χ0v) is 8.22. The zero-order chi connectivity index (χ0) is 12.1. The van der Waals surface area contributed by atoms with Crippen molar-refractivity contribution >= 4 is 11.8 Å². The molecule has 1 heterocycles. The summed E-state index contributed by atoms with van der Waals surface area (Å²) in [6, 6.07) is 1.90. The van der Waals surface area contributed by atoms with Crippen LogP contribution in [0.4, 0.5) is 0 Å². The van der Waals surface area contributed by atoms with E-state index in [9.17, 15) is 24.9 Å². The largest absolute Gasteiger partial charge is 0.508 e. The van der Waals surface area contributed by atoms with Gasteiger partial charge in [0.2, 0.25) is 5.78 Å². The van der Waals surface area contributed by atoms with Gasteiger partial charge in [-0.15, -0.1) is 0 Å².